The quantitative estimate of drug-likeness (QED) is 0.709. The van der Waals surface area contributed by atoms with Gasteiger partial charge in [-0.25, -0.2) is 9.97 Å². The van der Waals surface area contributed by atoms with Gasteiger partial charge in [0.1, 0.15) is 5.69 Å². The standard InChI is InChI=1S/C19H22N6O2/c1-13-17(25-8-3-7-21-19(25)22-13)18(27)23-15-5-9-24(12-16(15)26)11-14-4-2-6-20-10-14/h2-4,6-8,10,15-16,26H,5,9,11-12H2,1H3,(H,23,27)/t15-,16-/m1/s1. The molecule has 0 aliphatic carbocycles. The molecule has 8 heteroatoms. The van der Waals surface area contributed by atoms with Crippen molar-refractivity contribution in [3.8, 4) is 0 Å². The zero-order chi connectivity index (χ0) is 18.8. The summed E-state index contributed by atoms with van der Waals surface area (Å²) in [5.74, 6) is 0.254. The lowest BCUT2D eigenvalue weighted by atomic mass is 10.0. The first-order valence-electron chi connectivity index (χ1n) is 9.01. The number of hydrogen-bond donors (Lipinski definition) is 2. The molecule has 1 aliphatic heterocycles. The molecule has 0 radical (unpaired) electrons. The number of pyridine rings is 1. The van der Waals surface area contributed by atoms with E-state index in [1.165, 1.54) is 0 Å². The van der Waals surface area contributed by atoms with Crippen molar-refractivity contribution >= 4 is 11.7 Å². The van der Waals surface area contributed by atoms with E-state index in [0.29, 0.717) is 30.1 Å². The van der Waals surface area contributed by atoms with E-state index in [-0.39, 0.29) is 11.9 Å². The van der Waals surface area contributed by atoms with E-state index in [4.69, 9.17) is 0 Å². The van der Waals surface area contributed by atoms with Crippen molar-refractivity contribution < 1.29 is 9.90 Å². The van der Waals surface area contributed by atoms with Gasteiger partial charge in [-0.15, -0.1) is 0 Å². The topological polar surface area (TPSA) is 95.7 Å². The van der Waals surface area contributed by atoms with Crippen LogP contribution in [-0.4, -0.2) is 60.5 Å². The van der Waals surface area contributed by atoms with E-state index in [2.05, 4.69) is 25.2 Å². The monoisotopic (exact) mass is 366 g/mol. The van der Waals surface area contributed by atoms with E-state index in [0.717, 1.165) is 18.7 Å². The van der Waals surface area contributed by atoms with E-state index < -0.39 is 6.10 Å². The molecule has 3 aromatic rings. The molecule has 0 spiro atoms. The molecule has 0 saturated carbocycles. The van der Waals surface area contributed by atoms with Crippen LogP contribution in [-0.2, 0) is 6.54 Å². The molecule has 4 rings (SSSR count). The van der Waals surface area contributed by atoms with Gasteiger partial charge in [-0.2, -0.15) is 0 Å². The molecule has 0 bridgehead atoms. The number of likely N-dealkylation sites (tertiary alicyclic amines) is 1. The Labute approximate surface area is 156 Å². The van der Waals surface area contributed by atoms with Crippen LogP contribution >= 0.6 is 0 Å². The molecule has 0 unspecified atom stereocenters. The van der Waals surface area contributed by atoms with E-state index in [9.17, 15) is 9.90 Å². The maximum absolute atomic E-state index is 12.8. The highest BCUT2D eigenvalue weighted by Gasteiger charge is 2.30. The second-order valence-electron chi connectivity index (χ2n) is 6.87. The van der Waals surface area contributed by atoms with Crippen molar-refractivity contribution in [3.05, 3.63) is 59.9 Å². The van der Waals surface area contributed by atoms with Crippen LogP contribution in [0, 0.1) is 6.92 Å². The number of rotatable bonds is 4. The number of nitrogens with zero attached hydrogens (tertiary/aromatic N) is 5. The molecule has 1 amide bonds. The number of aryl methyl sites for hydroxylation is 1. The molecule has 1 fully saturated rings. The van der Waals surface area contributed by atoms with Gasteiger partial charge in [0.05, 0.1) is 17.8 Å². The van der Waals surface area contributed by atoms with Crippen LogP contribution in [0.5, 0.6) is 0 Å². The highest BCUT2D eigenvalue weighted by atomic mass is 16.3. The zero-order valence-electron chi connectivity index (χ0n) is 15.1. The van der Waals surface area contributed by atoms with Gasteiger partial charge in [0.2, 0.25) is 5.78 Å². The van der Waals surface area contributed by atoms with E-state index >= 15 is 0 Å². The lowest BCUT2D eigenvalue weighted by Crippen LogP contribution is -2.54. The second-order valence-corrected chi connectivity index (χ2v) is 6.87. The number of amides is 1. The van der Waals surface area contributed by atoms with E-state index in [1.54, 1.807) is 36.0 Å². The largest absolute Gasteiger partial charge is 0.390 e. The van der Waals surface area contributed by atoms with Gasteiger partial charge >= 0.3 is 0 Å². The Morgan fingerprint density at radius 1 is 1.37 bits per heavy atom. The molecular weight excluding hydrogens is 344 g/mol. The number of nitrogens with one attached hydrogen (secondary N) is 1. The molecule has 2 N–H and O–H groups in total. The smallest absolute Gasteiger partial charge is 0.270 e. The highest BCUT2D eigenvalue weighted by Crippen LogP contribution is 2.16. The molecule has 2 atom stereocenters. The summed E-state index contributed by atoms with van der Waals surface area (Å²) in [6, 6.07) is 5.40. The molecule has 1 aliphatic rings. The zero-order valence-corrected chi connectivity index (χ0v) is 15.1. The van der Waals surface area contributed by atoms with Crippen LogP contribution in [0.1, 0.15) is 28.2 Å². The average molecular weight is 366 g/mol. The maximum Gasteiger partial charge on any atom is 0.270 e. The number of imidazole rings is 1. The van der Waals surface area contributed by atoms with Crippen LogP contribution in [0.3, 0.4) is 0 Å². The Kier molecular flexibility index (Phi) is 4.83. The van der Waals surface area contributed by atoms with E-state index in [1.807, 2.05) is 18.3 Å². The van der Waals surface area contributed by atoms with Gasteiger partial charge in [0.25, 0.3) is 5.91 Å². The first kappa shape index (κ1) is 17.6. The van der Waals surface area contributed by atoms with Crippen LogP contribution < -0.4 is 5.32 Å². The predicted octanol–water partition coefficient (Wildman–Crippen LogP) is 0.798. The highest BCUT2D eigenvalue weighted by molar-refractivity contribution is 5.94. The van der Waals surface area contributed by atoms with Crippen LogP contribution in [0.2, 0.25) is 0 Å². The van der Waals surface area contributed by atoms with Gasteiger partial charge < -0.3 is 10.4 Å². The molecule has 140 valence electrons. The number of β-amino-alcohol motifs (C(OH)–C–C–N with tert-alkyl or cyclic N) is 1. The third-order valence-electron chi connectivity index (χ3n) is 4.90. The first-order valence-corrected chi connectivity index (χ1v) is 9.01. The molecule has 0 aromatic carbocycles. The van der Waals surface area contributed by atoms with Gasteiger partial charge in [0.15, 0.2) is 0 Å². The third kappa shape index (κ3) is 3.67. The number of fused-ring (bicyclic) bond motifs is 1. The SMILES string of the molecule is Cc1nc2ncccn2c1C(=O)N[C@@H]1CCN(Cc2cccnc2)C[C@H]1O. The summed E-state index contributed by atoms with van der Waals surface area (Å²) in [4.78, 5) is 27.6. The van der Waals surface area contributed by atoms with Gasteiger partial charge in [-0.05, 0) is 31.0 Å². The second kappa shape index (κ2) is 7.42. The Hall–Kier alpha value is -2.84. The van der Waals surface area contributed by atoms with Gasteiger partial charge in [0, 0.05) is 44.4 Å². The number of hydrogen-bond acceptors (Lipinski definition) is 6. The van der Waals surface area contributed by atoms with Crippen LogP contribution in [0.25, 0.3) is 5.78 Å². The summed E-state index contributed by atoms with van der Waals surface area (Å²) in [5, 5.41) is 13.5. The molecular formula is C19H22N6O2. The van der Waals surface area contributed by atoms with Crippen molar-refractivity contribution in [1.82, 2.24) is 29.6 Å². The third-order valence-corrected chi connectivity index (χ3v) is 4.90. The molecule has 4 heterocycles. The molecule has 8 nitrogen and oxygen atoms in total. The lowest BCUT2D eigenvalue weighted by Gasteiger charge is -2.36. The lowest BCUT2D eigenvalue weighted by molar-refractivity contribution is 0.0348. The summed E-state index contributed by atoms with van der Waals surface area (Å²) >= 11 is 0. The number of carbonyl (C=O) groups is 1. The minimum Gasteiger partial charge on any atom is -0.390 e. The fraction of sp³-hybridized carbons (Fsp3) is 0.368. The Bertz CT molecular complexity index is 942. The summed E-state index contributed by atoms with van der Waals surface area (Å²) in [7, 11) is 0. The van der Waals surface area contributed by atoms with Crippen molar-refractivity contribution in [2.24, 2.45) is 0 Å². The van der Waals surface area contributed by atoms with Crippen molar-refractivity contribution in [2.45, 2.75) is 32.0 Å². The van der Waals surface area contributed by atoms with Gasteiger partial charge in [-0.3, -0.25) is 19.1 Å². The van der Waals surface area contributed by atoms with Crippen molar-refractivity contribution in [1.29, 1.82) is 0 Å². The Morgan fingerprint density at radius 3 is 3.04 bits per heavy atom. The number of piperidine rings is 1. The maximum atomic E-state index is 12.8. The summed E-state index contributed by atoms with van der Waals surface area (Å²) in [5.41, 5.74) is 2.19. The summed E-state index contributed by atoms with van der Waals surface area (Å²) < 4.78 is 1.68. The molecule has 27 heavy (non-hydrogen) atoms. The number of carbonyl (C=O) groups excluding carboxylic acids is 1. The normalized spacial score (nSPS) is 20.7. The average Bonchev–Trinajstić information content (AvgIpc) is 3.00. The minimum atomic E-state index is -0.628. The first-order chi connectivity index (χ1) is 13.1. The number of aliphatic hydroxyl groups excluding tert-OH is 1. The molecule has 1 saturated heterocycles. The van der Waals surface area contributed by atoms with Crippen molar-refractivity contribution in [2.75, 3.05) is 13.1 Å². The molecule has 3 aromatic heterocycles. The minimum absolute atomic E-state index is 0.238. The Balaban J connectivity index is 1.41. The Morgan fingerprint density at radius 2 is 2.26 bits per heavy atom. The predicted molar refractivity (Wildman–Crippen MR) is 99.1 cm³/mol. The van der Waals surface area contributed by atoms with Crippen LogP contribution in [0.4, 0.5) is 0 Å². The van der Waals surface area contributed by atoms with Crippen molar-refractivity contribution in [3.63, 3.8) is 0 Å². The van der Waals surface area contributed by atoms with Gasteiger partial charge in [-0.1, -0.05) is 6.07 Å². The fourth-order valence-corrected chi connectivity index (χ4v) is 3.57. The number of aromatic nitrogens is 4. The fourth-order valence-electron chi connectivity index (χ4n) is 3.57. The number of aliphatic hydroxyl groups is 1. The summed E-state index contributed by atoms with van der Waals surface area (Å²) in [6.07, 6.45) is 7.05. The summed E-state index contributed by atoms with van der Waals surface area (Å²) in [6.45, 7) is 3.83. The van der Waals surface area contributed by atoms with Crippen LogP contribution in [0.15, 0.2) is 43.0 Å².